The molecule has 2 N–H and O–H groups in total. The summed E-state index contributed by atoms with van der Waals surface area (Å²) in [4.78, 5) is 42.2. The van der Waals surface area contributed by atoms with Crippen molar-refractivity contribution in [1.82, 2.24) is 0 Å². The monoisotopic (exact) mass is 574 g/mol. The largest absolute Gasteiger partial charge is 0.469 e. The lowest BCUT2D eigenvalue weighted by Gasteiger charge is -2.18. The lowest BCUT2D eigenvalue weighted by molar-refractivity contribution is -0.161. The minimum atomic E-state index is -4.73. The van der Waals surface area contributed by atoms with Gasteiger partial charge in [0.2, 0.25) is 0 Å². The molecule has 0 rings (SSSR count). The van der Waals surface area contributed by atoms with Crippen molar-refractivity contribution in [3.63, 3.8) is 0 Å². The van der Waals surface area contributed by atoms with E-state index in [1.807, 2.05) is 0 Å². The maximum absolute atomic E-state index is 12.2. The number of phosphoric acid groups is 1. The second-order valence-electron chi connectivity index (χ2n) is 10.1. The number of unbranched alkanes of at least 4 members (excludes halogenated alkanes) is 13. The third kappa shape index (κ3) is 29.3. The summed E-state index contributed by atoms with van der Waals surface area (Å²) in [7, 11) is -4.73. The molecule has 0 aromatic heterocycles. The van der Waals surface area contributed by atoms with Crippen molar-refractivity contribution in [1.29, 1.82) is 0 Å². The van der Waals surface area contributed by atoms with Crippen LogP contribution in [-0.2, 0) is 28.2 Å². The van der Waals surface area contributed by atoms with Crippen LogP contribution in [0.25, 0.3) is 0 Å². The Bertz CT molecular complexity index is 701. The number of ether oxygens (including phenoxy) is 2. The maximum Gasteiger partial charge on any atom is 0.469 e. The zero-order valence-corrected chi connectivity index (χ0v) is 25.4. The summed E-state index contributed by atoms with van der Waals surface area (Å²) < 4.78 is 26.0. The molecule has 0 heterocycles. The number of esters is 2. The van der Waals surface area contributed by atoms with E-state index in [0.717, 1.165) is 64.2 Å². The molecule has 0 fully saturated rings. The van der Waals surface area contributed by atoms with Gasteiger partial charge in [0.05, 0.1) is 6.61 Å². The Kier molecular flexibility index (Phi) is 25.7. The van der Waals surface area contributed by atoms with E-state index in [4.69, 9.17) is 19.3 Å². The number of hydrogen-bond donors (Lipinski definition) is 2. The van der Waals surface area contributed by atoms with E-state index in [1.165, 1.54) is 32.1 Å². The van der Waals surface area contributed by atoms with Crippen LogP contribution in [-0.4, -0.2) is 41.0 Å². The molecule has 0 aliphatic rings. The van der Waals surface area contributed by atoms with Gasteiger partial charge in [0.15, 0.2) is 6.10 Å². The first-order chi connectivity index (χ1) is 18.8. The van der Waals surface area contributed by atoms with Gasteiger partial charge in [0.1, 0.15) is 6.61 Å². The Hall–Kier alpha value is -1.47. The molecule has 0 unspecified atom stereocenters. The van der Waals surface area contributed by atoms with Gasteiger partial charge < -0.3 is 19.3 Å². The van der Waals surface area contributed by atoms with Crippen molar-refractivity contribution in [2.24, 2.45) is 0 Å². The molecule has 0 bridgehead atoms. The molecule has 0 spiro atoms. The highest BCUT2D eigenvalue weighted by Gasteiger charge is 2.22. The van der Waals surface area contributed by atoms with Crippen molar-refractivity contribution >= 4 is 19.8 Å². The number of rotatable bonds is 27. The van der Waals surface area contributed by atoms with Gasteiger partial charge in [-0.05, 0) is 38.5 Å². The summed E-state index contributed by atoms with van der Waals surface area (Å²) in [5.74, 6) is -0.911. The number of carbonyl (C=O) groups excluding carboxylic acids is 2. The van der Waals surface area contributed by atoms with Gasteiger partial charge in [-0.1, -0.05) is 109 Å². The molecule has 0 aromatic carbocycles. The van der Waals surface area contributed by atoms with Crippen molar-refractivity contribution in [2.75, 3.05) is 13.2 Å². The second-order valence-corrected chi connectivity index (χ2v) is 11.3. The van der Waals surface area contributed by atoms with E-state index < -0.39 is 32.5 Å². The third-order valence-electron chi connectivity index (χ3n) is 6.22. The first kappa shape index (κ1) is 37.5. The van der Waals surface area contributed by atoms with Gasteiger partial charge >= 0.3 is 19.8 Å². The highest BCUT2D eigenvalue weighted by atomic mass is 31.2. The highest BCUT2D eigenvalue weighted by Crippen LogP contribution is 2.35. The molecule has 0 amide bonds. The average molecular weight is 575 g/mol. The first-order valence-electron chi connectivity index (χ1n) is 15.1. The van der Waals surface area contributed by atoms with Crippen LogP contribution in [0, 0.1) is 0 Å². The molecule has 0 aliphatic heterocycles. The van der Waals surface area contributed by atoms with Crippen LogP contribution < -0.4 is 0 Å². The fourth-order valence-electron chi connectivity index (χ4n) is 3.92. The van der Waals surface area contributed by atoms with Crippen molar-refractivity contribution in [3.8, 4) is 0 Å². The van der Waals surface area contributed by atoms with Crippen LogP contribution in [0.3, 0.4) is 0 Å². The van der Waals surface area contributed by atoms with Crippen LogP contribution in [0.4, 0.5) is 0 Å². The van der Waals surface area contributed by atoms with Crippen LogP contribution in [0.15, 0.2) is 24.3 Å². The predicted octanol–water partition coefficient (Wildman–Crippen LogP) is 8.11. The summed E-state index contributed by atoms with van der Waals surface area (Å²) in [5.41, 5.74) is 0. The molecule has 1 atom stereocenters. The van der Waals surface area contributed by atoms with E-state index in [9.17, 15) is 14.2 Å². The van der Waals surface area contributed by atoms with Gasteiger partial charge in [-0.15, -0.1) is 0 Å². The van der Waals surface area contributed by atoms with Gasteiger partial charge in [0, 0.05) is 12.8 Å². The Morgan fingerprint density at radius 2 is 1.18 bits per heavy atom. The summed E-state index contributed by atoms with van der Waals surface area (Å²) in [6.07, 6.45) is 26.4. The molecule has 0 saturated carbocycles. The summed E-state index contributed by atoms with van der Waals surface area (Å²) in [6, 6.07) is 0. The molecular formula is C30H55O8P. The average Bonchev–Trinajstić information content (AvgIpc) is 2.89. The van der Waals surface area contributed by atoms with E-state index in [2.05, 4.69) is 42.7 Å². The topological polar surface area (TPSA) is 119 Å². The molecule has 228 valence electrons. The van der Waals surface area contributed by atoms with Gasteiger partial charge in [-0.25, -0.2) is 4.57 Å². The van der Waals surface area contributed by atoms with Crippen LogP contribution in [0.5, 0.6) is 0 Å². The predicted molar refractivity (Wildman–Crippen MR) is 156 cm³/mol. The van der Waals surface area contributed by atoms with E-state index in [0.29, 0.717) is 12.8 Å². The quantitative estimate of drug-likeness (QED) is 0.0437. The third-order valence-corrected chi connectivity index (χ3v) is 6.71. The van der Waals surface area contributed by atoms with E-state index >= 15 is 0 Å². The fraction of sp³-hybridized carbons (Fsp3) is 0.800. The van der Waals surface area contributed by atoms with Gasteiger partial charge in [-0.2, -0.15) is 0 Å². The molecular weight excluding hydrogens is 519 g/mol. The molecule has 0 aliphatic carbocycles. The summed E-state index contributed by atoms with van der Waals surface area (Å²) >= 11 is 0. The van der Waals surface area contributed by atoms with E-state index in [-0.39, 0.29) is 19.4 Å². The van der Waals surface area contributed by atoms with Crippen molar-refractivity contribution in [2.45, 2.75) is 142 Å². The zero-order chi connectivity index (χ0) is 29.0. The summed E-state index contributed by atoms with van der Waals surface area (Å²) in [5, 5.41) is 0. The van der Waals surface area contributed by atoms with Crippen LogP contribution in [0.2, 0.25) is 0 Å². The SMILES string of the molecule is CCCC/C=C/C/C=C/CCCCCCCC(=O)OC[C@H](COP(=O)(O)O)OC(=O)CCCCCCCCC. The zero-order valence-electron chi connectivity index (χ0n) is 24.5. The molecule has 8 nitrogen and oxygen atoms in total. The molecule has 0 radical (unpaired) electrons. The standard InChI is InChI=1S/C30H55O8P/c1-3-5-7-9-11-12-13-14-15-16-17-19-20-22-24-29(31)36-26-28(27-37-39(33,34)35)38-30(32)25-23-21-18-10-8-6-4-2/h9,11,13-14,28H,3-8,10,12,15-27H2,1-2H3,(H2,33,34,35)/b11-9+,14-13+/t28-/m1/s1. The Balaban J connectivity index is 4.04. The number of hydrogen-bond acceptors (Lipinski definition) is 6. The van der Waals surface area contributed by atoms with E-state index in [1.54, 1.807) is 0 Å². The molecule has 9 heteroatoms. The summed E-state index contributed by atoms with van der Waals surface area (Å²) in [6.45, 7) is 3.54. The lowest BCUT2D eigenvalue weighted by Crippen LogP contribution is -2.29. The normalized spacial score (nSPS) is 12.8. The smallest absolute Gasteiger partial charge is 0.462 e. The number of carbonyl (C=O) groups is 2. The van der Waals surface area contributed by atoms with Crippen molar-refractivity contribution < 1.29 is 37.9 Å². The number of phosphoric ester groups is 1. The van der Waals surface area contributed by atoms with Crippen LogP contribution in [0.1, 0.15) is 136 Å². The van der Waals surface area contributed by atoms with Crippen molar-refractivity contribution in [3.05, 3.63) is 24.3 Å². The molecule has 39 heavy (non-hydrogen) atoms. The van der Waals surface area contributed by atoms with Gasteiger partial charge in [0.25, 0.3) is 0 Å². The van der Waals surface area contributed by atoms with Gasteiger partial charge in [-0.3, -0.25) is 14.1 Å². The molecule has 0 aromatic rings. The maximum atomic E-state index is 12.2. The number of allylic oxidation sites excluding steroid dienone is 4. The Morgan fingerprint density at radius 1 is 0.667 bits per heavy atom. The second kappa shape index (κ2) is 26.7. The minimum absolute atomic E-state index is 0.208. The Morgan fingerprint density at radius 3 is 1.77 bits per heavy atom. The Labute approximate surface area is 237 Å². The first-order valence-corrected chi connectivity index (χ1v) is 16.7. The fourth-order valence-corrected chi connectivity index (χ4v) is 4.28. The highest BCUT2D eigenvalue weighted by molar-refractivity contribution is 7.46. The minimum Gasteiger partial charge on any atom is -0.462 e. The van der Waals surface area contributed by atoms with Crippen LogP contribution >= 0.6 is 7.82 Å². The lowest BCUT2D eigenvalue weighted by atomic mass is 10.1. The molecule has 0 saturated heterocycles.